The van der Waals surface area contributed by atoms with Gasteiger partial charge in [0.1, 0.15) is 0 Å². The maximum absolute atomic E-state index is 14.0. The van der Waals surface area contributed by atoms with Gasteiger partial charge in [-0.05, 0) is 61.7 Å². The Hall–Kier alpha value is -5.46. The number of nitrogens with one attached hydrogen (secondary N) is 1. The van der Waals surface area contributed by atoms with Gasteiger partial charge >= 0.3 is 11.9 Å². The quantitative estimate of drug-likeness (QED) is 0.212. The molecule has 1 N–H and O–H groups in total. The number of piperazine rings is 1. The summed E-state index contributed by atoms with van der Waals surface area (Å²) in [7, 11) is 1.31. The van der Waals surface area contributed by atoms with E-state index in [1.54, 1.807) is 26.0 Å². The molecule has 0 aliphatic carbocycles. The zero-order valence-corrected chi connectivity index (χ0v) is 29.0. The molecular weight excluding hydrogens is 626 g/mol. The highest BCUT2D eigenvalue weighted by Crippen LogP contribution is 2.48. The Morgan fingerprint density at radius 2 is 1.58 bits per heavy atom. The third kappa shape index (κ3) is 6.72. The highest BCUT2D eigenvalue weighted by molar-refractivity contribution is 5.93. The molecule has 256 valence electrons. The Labute approximate surface area is 294 Å². The van der Waals surface area contributed by atoms with Crippen molar-refractivity contribution in [2.45, 2.75) is 38.3 Å². The average Bonchev–Trinajstić information content (AvgIpc) is 3.15. The fourth-order valence-electron chi connectivity index (χ4n) is 7.66. The number of carbonyl (C=O) groups is 2. The molecular formula is C41H43N5O4. The number of hydrogen-bond donors (Lipinski definition) is 1. The lowest BCUT2D eigenvalue weighted by molar-refractivity contribution is -0.152. The van der Waals surface area contributed by atoms with Crippen LogP contribution in [0.5, 0.6) is 0 Å². The molecule has 9 nitrogen and oxygen atoms in total. The molecule has 2 aliphatic rings. The van der Waals surface area contributed by atoms with E-state index in [1.165, 1.54) is 24.4 Å². The molecule has 1 saturated heterocycles. The van der Waals surface area contributed by atoms with Crippen LogP contribution in [0.1, 0.15) is 60.7 Å². The normalized spacial score (nSPS) is 20.9. The van der Waals surface area contributed by atoms with E-state index < -0.39 is 29.3 Å². The van der Waals surface area contributed by atoms with Gasteiger partial charge < -0.3 is 19.7 Å². The van der Waals surface area contributed by atoms with Gasteiger partial charge in [-0.15, -0.1) is 0 Å². The number of ether oxygens (including phenoxy) is 2. The highest BCUT2D eigenvalue weighted by Gasteiger charge is 2.53. The van der Waals surface area contributed by atoms with Crippen LogP contribution in [-0.2, 0) is 24.6 Å². The van der Waals surface area contributed by atoms with Crippen molar-refractivity contribution in [3.63, 3.8) is 0 Å². The van der Waals surface area contributed by atoms with Crippen molar-refractivity contribution in [3.8, 4) is 6.07 Å². The van der Waals surface area contributed by atoms with Crippen LogP contribution in [0.15, 0.2) is 115 Å². The van der Waals surface area contributed by atoms with Crippen molar-refractivity contribution < 1.29 is 19.1 Å². The van der Waals surface area contributed by atoms with Crippen LogP contribution in [0.25, 0.3) is 0 Å². The summed E-state index contributed by atoms with van der Waals surface area (Å²) in [6.45, 7) is 9.21. The van der Waals surface area contributed by atoms with Gasteiger partial charge in [0.15, 0.2) is 0 Å². The number of nitriles is 1. The molecule has 1 aromatic heterocycles. The molecule has 1 fully saturated rings. The minimum atomic E-state index is -0.987. The number of methoxy groups -OCH3 is 1. The second-order valence-electron chi connectivity index (χ2n) is 12.9. The molecule has 6 rings (SSSR count). The number of carbonyl (C=O) groups excluding carboxylic acids is 2. The lowest BCUT2D eigenvalue weighted by atomic mass is 9.66. The number of allylic oxidation sites excluding steroid dienone is 1. The molecule has 2 aliphatic heterocycles. The molecule has 3 unspecified atom stereocenters. The van der Waals surface area contributed by atoms with Gasteiger partial charge in [0.25, 0.3) is 0 Å². The molecule has 0 amide bonds. The fraction of sp³-hybridized carbons (Fsp3) is 0.317. The summed E-state index contributed by atoms with van der Waals surface area (Å²) in [5.74, 6) is -2.77. The van der Waals surface area contributed by atoms with Crippen molar-refractivity contribution in [1.29, 1.82) is 5.26 Å². The van der Waals surface area contributed by atoms with Crippen LogP contribution in [0.3, 0.4) is 0 Å². The smallest absolute Gasteiger partial charge is 0.336 e. The maximum atomic E-state index is 14.0. The van der Waals surface area contributed by atoms with Gasteiger partial charge in [-0.1, -0.05) is 72.8 Å². The highest BCUT2D eigenvalue weighted by atomic mass is 16.5. The molecule has 4 aromatic rings. The van der Waals surface area contributed by atoms with E-state index in [1.807, 2.05) is 19.1 Å². The number of rotatable bonds is 9. The summed E-state index contributed by atoms with van der Waals surface area (Å²) in [5, 5.41) is 13.2. The molecule has 50 heavy (non-hydrogen) atoms. The second-order valence-corrected chi connectivity index (χ2v) is 12.9. The van der Waals surface area contributed by atoms with Crippen LogP contribution in [-0.4, -0.2) is 61.7 Å². The zero-order valence-electron chi connectivity index (χ0n) is 29.0. The Morgan fingerprint density at radius 1 is 0.960 bits per heavy atom. The Bertz CT molecular complexity index is 1840. The van der Waals surface area contributed by atoms with Gasteiger partial charge in [-0.3, -0.25) is 14.7 Å². The van der Waals surface area contributed by atoms with Gasteiger partial charge in [0.2, 0.25) is 0 Å². The maximum Gasteiger partial charge on any atom is 0.336 e. The summed E-state index contributed by atoms with van der Waals surface area (Å²) in [5.41, 5.74) is 5.19. The minimum absolute atomic E-state index is 0.167. The molecule has 9 heteroatoms. The van der Waals surface area contributed by atoms with Crippen molar-refractivity contribution in [3.05, 3.63) is 142 Å². The number of nitrogens with zero attached hydrogens (tertiary/aromatic N) is 4. The van der Waals surface area contributed by atoms with Crippen LogP contribution in [0.4, 0.5) is 5.69 Å². The number of pyridine rings is 1. The fourth-order valence-corrected chi connectivity index (χ4v) is 7.66. The molecule has 3 heterocycles. The second kappa shape index (κ2) is 15.0. The Balaban J connectivity index is 1.30. The minimum Gasteiger partial charge on any atom is -0.466 e. The van der Waals surface area contributed by atoms with Gasteiger partial charge in [-0.2, -0.15) is 5.26 Å². The average molecular weight is 670 g/mol. The van der Waals surface area contributed by atoms with Gasteiger partial charge in [-0.25, -0.2) is 4.79 Å². The van der Waals surface area contributed by atoms with Crippen molar-refractivity contribution in [2.24, 2.45) is 5.92 Å². The largest absolute Gasteiger partial charge is 0.466 e. The van der Waals surface area contributed by atoms with E-state index in [0.29, 0.717) is 17.0 Å². The monoisotopic (exact) mass is 669 g/mol. The van der Waals surface area contributed by atoms with Crippen LogP contribution in [0.2, 0.25) is 0 Å². The Kier molecular flexibility index (Phi) is 10.3. The lowest BCUT2D eigenvalue weighted by Gasteiger charge is -2.47. The first-order chi connectivity index (χ1) is 24.3. The van der Waals surface area contributed by atoms with Gasteiger partial charge in [0.05, 0.1) is 60.0 Å². The molecule has 0 spiro atoms. The summed E-state index contributed by atoms with van der Waals surface area (Å²) < 4.78 is 10.9. The molecule has 0 bridgehead atoms. The van der Waals surface area contributed by atoms with Crippen LogP contribution in [0, 0.1) is 17.2 Å². The van der Waals surface area contributed by atoms with Crippen LogP contribution >= 0.6 is 0 Å². The van der Waals surface area contributed by atoms with E-state index in [9.17, 15) is 14.9 Å². The number of benzene rings is 3. The van der Waals surface area contributed by atoms with E-state index in [4.69, 9.17) is 9.47 Å². The molecule has 3 aromatic carbocycles. The third-order valence-corrected chi connectivity index (χ3v) is 10.0. The van der Waals surface area contributed by atoms with E-state index in [0.717, 1.165) is 37.4 Å². The van der Waals surface area contributed by atoms with E-state index in [-0.39, 0.29) is 18.2 Å². The summed E-state index contributed by atoms with van der Waals surface area (Å²) in [6, 6.07) is 35.2. The predicted molar refractivity (Wildman–Crippen MR) is 192 cm³/mol. The number of hydrogen-bond acceptors (Lipinski definition) is 9. The summed E-state index contributed by atoms with van der Waals surface area (Å²) in [6.07, 6.45) is 1.52. The van der Waals surface area contributed by atoms with E-state index in [2.05, 4.69) is 99.0 Å². The van der Waals surface area contributed by atoms with Crippen molar-refractivity contribution in [1.82, 2.24) is 15.2 Å². The van der Waals surface area contributed by atoms with Crippen molar-refractivity contribution in [2.75, 3.05) is 44.8 Å². The number of aromatic nitrogens is 1. The summed E-state index contributed by atoms with van der Waals surface area (Å²) >= 11 is 0. The molecule has 0 radical (unpaired) electrons. The Morgan fingerprint density at radius 3 is 2.14 bits per heavy atom. The standard InChI is InChI=1S/C41H43N5O4/c1-5-50-40(48)37-36(34-26-29(27-42)20-21-43-34)35(39(47)49-4)28(2)44-41(37,3)32-16-18-33(19-17-32)45-22-24-46(25-23-45)38(30-12-8-6-9-13-30)31-14-10-7-11-15-31/h6-21,26,36-38,44H,5,22-25H2,1-4H3. The van der Waals surface area contributed by atoms with Gasteiger partial charge in [0, 0.05) is 43.8 Å². The predicted octanol–water partition coefficient (Wildman–Crippen LogP) is 6.09. The zero-order chi connectivity index (χ0) is 35.3. The third-order valence-electron chi connectivity index (χ3n) is 10.0. The molecule has 3 atom stereocenters. The molecule has 0 saturated carbocycles. The van der Waals surface area contributed by atoms with Crippen LogP contribution < -0.4 is 10.2 Å². The SMILES string of the molecule is CCOC(=O)C1C(c2cc(C#N)ccn2)C(C(=O)OC)=C(C)NC1(C)c1ccc(N2CCN(C(c3ccccc3)c3ccccc3)CC2)cc1. The number of anilines is 1. The van der Waals surface area contributed by atoms with Crippen molar-refractivity contribution >= 4 is 17.6 Å². The first-order valence-corrected chi connectivity index (χ1v) is 17.1. The first-order valence-electron chi connectivity index (χ1n) is 17.1. The number of esters is 2. The first kappa shape index (κ1) is 34.4. The summed E-state index contributed by atoms with van der Waals surface area (Å²) in [4.78, 5) is 36.7. The van der Waals surface area contributed by atoms with E-state index >= 15 is 0 Å². The lowest BCUT2D eigenvalue weighted by Crippen LogP contribution is -2.55. The topological polar surface area (TPSA) is 108 Å².